The molecule has 0 spiro atoms. The minimum Gasteiger partial charge on any atom is -0.294 e. The highest BCUT2D eigenvalue weighted by Crippen LogP contribution is 2.34. The van der Waals surface area contributed by atoms with Crippen LogP contribution in [0.15, 0.2) is 90.0 Å². The Bertz CT molecular complexity index is 1520. The predicted molar refractivity (Wildman–Crippen MR) is 129 cm³/mol. The Kier molecular flexibility index (Phi) is 5.70. The fourth-order valence-electron chi connectivity index (χ4n) is 4.31. The molecule has 174 valence electrons. The SMILES string of the molecule is CCCc1[nH]n(-c2ccccc2)c(=O)c1C1=C([n+]2ccccc2)C(=O)N(c2ccccc2F)C1=O. The van der Waals surface area contributed by atoms with E-state index < -0.39 is 23.2 Å². The van der Waals surface area contributed by atoms with Gasteiger partial charge >= 0.3 is 5.91 Å². The van der Waals surface area contributed by atoms with Gasteiger partial charge in [-0.3, -0.25) is 19.5 Å². The molecule has 3 heterocycles. The average Bonchev–Trinajstić information content (AvgIpc) is 3.33. The number of nitrogens with zero attached hydrogens (tertiary/aromatic N) is 3. The molecule has 8 heteroatoms. The van der Waals surface area contributed by atoms with Crippen LogP contribution < -0.4 is 15.0 Å². The quantitative estimate of drug-likeness (QED) is 0.347. The molecule has 1 N–H and O–H groups in total. The third-order valence-corrected chi connectivity index (χ3v) is 5.86. The summed E-state index contributed by atoms with van der Waals surface area (Å²) in [7, 11) is 0. The molecule has 7 nitrogen and oxygen atoms in total. The van der Waals surface area contributed by atoms with Gasteiger partial charge in [0, 0.05) is 17.8 Å². The lowest BCUT2D eigenvalue weighted by Crippen LogP contribution is -2.39. The molecule has 0 radical (unpaired) electrons. The van der Waals surface area contributed by atoms with Crippen molar-refractivity contribution in [2.75, 3.05) is 4.90 Å². The monoisotopic (exact) mass is 469 g/mol. The number of pyridine rings is 1. The maximum atomic E-state index is 14.7. The maximum absolute atomic E-state index is 14.7. The van der Waals surface area contributed by atoms with E-state index in [1.807, 2.05) is 13.0 Å². The molecule has 0 bridgehead atoms. The Morgan fingerprint density at radius 1 is 0.857 bits per heavy atom. The molecule has 35 heavy (non-hydrogen) atoms. The Labute approximate surface area is 200 Å². The largest absolute Gasteiger partial charge is 0.331 e. The lowest BCUT2D eigenvalue weighted by atomic mass is 10.0. The lowest BCUT2D eigenvalue weighted by molar-refractivity contribution is -0.576. The summed E-state index contributed by atoms with van der Waals surface area (Å²) >= 11 is 0. The van der Waals surface area contributed by atoms with Gasteiger partial charge in [-0.1, -0.05) is 49.7 Å². The average molecular weight is 469 g/mol. The van der Waals surface area contributed by atoms with Gasteiger partial charge in [0.05, 0.1) is 16.9 Å². The van der Waals surface area contributed by atoms with Gasteiger partial charge in [-0.15, -0.1) is 0 Å². The van der Waals surface area contributed by atoms with Gasteiger partial charge in [-0.2, -0.15) is 4.57 Å². The third-order valence-electron chi connectivity index (χ3n) is 5.86. The third kappa shape index (κ3) is 3.69. The Hall–Kier alpha value is -4.59. The highest BCUT2D eigenvalue weighted by molar-refractivity contribution is 6.53. The summed E-state index contributed by atoms with van der Waals surface area (Å²) in [6.45, 7) is 1.95. The van der Waals surface area contributed by atoms with Crippen LogP contribution >= 0.6 is 0 Å². The van der Waals surface area contributed by atoms with Crippen LogP contribution in [0.5, 0.6) is 0 Å². The summed E-state index contributed by atoms with van der Waals surface area (Å²) in [5.74, 6) is -2.17. The van der Waals surface area contributed by atoms with E-state index in [2.05, 4.69) is 5.10 Å². The van der Waals surface area contributed by atoms with Crippen LogP contribution in [-0.4, -0.2) is 21.6 Å². The van der Waals surface area contributed by atoms with Crippen LogP contribution in [0.4, 0.5) is 10.1 Å². The second-order valence-corrected chi connectivity index (χ2v) is 8.09. The van der Waals surface area contributed by atoms with Gasteiger partial charge in [0.25, 0.3) is 17.2 Å². The minimum atomic E-state index is -0.750. The molecule has 2 amide bonds. The van der Waals surface area contributed by atoms with Crippen LogP contribution in [0.1, 0.15) is 24.6 Å². The molecular formula is C27H22FN4O3+. The zero-order valence-corrected chi connectivity index (χ0v) is 18.9. The van der Waals surface area contributed by atoms with E-state index in [1.165, 1.54) is 27.4 Å². The number of hydrogen-bond acceptors (Lipinski definition) is 3. The topological polar surface area (TPSA) is 79.1 Å². The molecule has 5 rings (SSSR count). The van der Waals surface area contributed by atoms with Crippen molar-refractivity contribution in [2.45, 2.75) is 19.8 Å². The number of aromatic amines is 1. The molecule has 0 saturated heterocycles. The normalized spacial score (nSPS) is 13.7. The fourth-order valence-corrected chi connectivity index (χ4v) is 4.31. The summed E-state index contributed by atoms with van der Waals surface area (Å²) in [4.78, 5) is 42.0. The number of carbonyl (C=O) groups excluding carboxylic acids is 2. The first-order valence-corrected chi connectivity index (χ1v) is 11.3. The number of nitrogens with one attached hydrogen (secondary N) is 1. The number of para-hydroxylation sites is 2. The second-order valence-electron chi connectivity index (χ2n) is 8.09. The molecule has 0 fully saturated rings. The molecule has 1 aliphatic heterocycles. The van der Waals surface area contributed by atoms with E-state index in [-0.39, 0.29) is 22.5 Å². The van der Waals surface area contributed by atoms with Crippen molar-refractivity contribution in [1.29, 1.82) is 0 Å². The van der Waals surface area contributed by atoms with E-state index in [0.29, 0.717) is 24.2 Å². The highest BCUT2D eigenvalue weighted by atomic mass is 19.1. The number of benzene rings is 2. The summed E-state index contributed by atoms with van der Waals surface area (Å²) < 4.78 is 17.6. The molecule has 2 aromatic heterocycles. The van der Waals surface area contributed by atoms with Gasteiger partial charge in [0.15, 0.2) is 12.4 Å². The molecule has 0 saturated carbocycles. The highest BCUT2D eigenvalue weighted by Gasteiger charge is 2.48. The summed E-state index contributed by atoms with van der Waals surface area (Å²) in [5, 5.41) is 3.12. The Morgan fingerprint density at radius 2 is 1.51 bits per heavy atom. The molecule has 0 atom stereocenters. The number of rotatable bonds is 6. The van der Waals surface area contributed by atoms with E-state index in [4.69, 9.17) is 0 Å². The zero-order valence-electron chi connectivity index (χ0n) is 18.9. The minimum absolute atomic E-state index is 0.00693. The first kappa shape index (κ1) is 22.2. The maximum Gasteiger partial charge on any atom is 0.331 e. The van der Waals surface area contributed by atoms with Crippen LogP contribution in [0.3, 0.4) is 0 Å². The number of amides is 2. The van der Waals surface area contributed by atoms with Crippen LogP contribution in [0.2, 0.25) is 0 Å². The zero-order chi connectivity index (χ0) is 24.5. The molecule has 4 aromatic rings. The number of carbonyl (C=O) groups is 2. The van der Waals surface area contributed by atoms with Crippen molar-refractivity contribution in [2.24, 2.45) is 0 Å². The molecule has 2 aromatic carbocycles. The number of halogens is 1. The van der Waals surface area contributed by atoms with Crippen LogP contribution in [0.25, 0.3) is 17.0 Å². The van der Waals surface area contributed by atoms with Gasteiger partial charge < -0.3 is 0 Å². The number of H-pyrrole nitrogens is 1. The Morgan fingerprint density at radius 3 is 2.20 bits per heavy atom. The number of hydrogen-bond donors (Lipinski definition) is 1. The lowest BCUT2D eigenvalue weighted by Gasteiger charge is -2.14. The molecule has 0 unspecified atom stereocenters. The number of imide groups is 1. The predicted octanol–water partition coefficient (Wildman–Crippen LogP) is 3.49. The number of aromatic nitrogens is 3. The van der Waals surface area contributed by atoms with Crippen molar-refractivity contribution in [3.05, 3.63) is 113 Å². The van der Waals surface area contributed by atoms with Crippen molar-refractivity contribution in [3.63, 3.8) is 0 Å². The van der Waals surface area contributed by atoms with Gasteiger partial charge in [0.2, 0.25) is 0 Å². The van der Waals surface area contributed by atoms with Crippen molar-refractivity contribution < 1.29 is 18.5 Å². The number of aryl methyl sites for hydroxylation is 1. The van der Waals surface area contributed by atoms with Gasteiger partial charge in [0.1, 0.15) is 11.4 Å². The summed E-state index contributed by atoms with van der Waals surface area (Å²) in [5.41, 5.74) is 0.545. The second kappa shape index (κ2) is 8.98. The first-order chi connectivity index (χ1) is 17.0. The number of anilines is 1. The van der Waals surface area contributed by atoms with Gasteiger partial charge in [-0.25, -0.2) is 14.0 Å². The fraction of sp³-hybridized carbons (Fsp3) is 0.111. The van der Waals surface area contributed by atoms with Gasteiger partial charge in [-0.05, 0) is 30.7 Å². The summed E-state index contributed by atoms with van der Waals surface area (Å²) in [6, 6.07) is 19.8. The van der Waals surface area contributed by atoms with Crippen LogP contribution in [-0.2, 0) is 16.0 Å². The van der Waals surface area contributed by atoms with E-state index >= 15 is 0 Å². The van der Waals surface area contributed by atoms with E-state index in [0.717, 1.165) is 4.90 Å². The first-order valence-electron chi connectivity index (χ1n) is 11.3. The molecule has 0 aliphatic carbocycles. The molecule has 1 aliphatic rings. The Balaban J connectivity index is 1.79. The van der Waals surface area contributed by atoms with Crippen molar-refractivity contribution in [1.82, 2.24) is 9.78 Å². The smallest absolute Gasteiger partial charge is 0.294 e. The van der Waals surface area contributed by atoms with E-state index in [1.54, 1.807) is 60.9 Å². The molecular weight excluding hydrogens is 447 g/mol. The summed E-state index contributed by atoms with van der Waals surface area (Å²) in [6.07, 6.45) is 4.41. The van der Waals surface area contributed by atoms with E-state index in [9.17, 15) is 18.8 Å². The van der Waals surface area contributed by atoms with Crippen molar-refractivity contribution in [3.8, 4) is 5.69 Å². The van der Waals surface area contributed by atoms with Crippen molar-refractivity contribution >= 4 is 28.8 Å². The standard InChI is InChI=1S/C27H21FN4O3/c1-2-11-20-22(26(34)32(29-20)18-12-5-3-6-13-18)23-24(30-16-9-4-10-17-30)27(35)31(25(23)33)21-15-8-7-14-19(21)28/h3-10,12-17H,2,11H2,1H3/p+1. The van der Waals surface area contributed by atoms with Crippen LogP contribution in [0, 0.1) is 5.82 Å².